The van der Waals surface area contributed by atoms with Crippen LogP contribution in [0.1, 0.15) is 0 Å². The standard InChI is InChI=1S/C19H17N2O3PS/c22-25(23-17-12-6-2-7-13-17,24-18-14-8-3-9-15-18)21-19(26)20-16-10-4-1-5-11-16/h1-15H,(H2,20,21,22,26). The van der Waals surface area contributed by atoms with Crippen LogP contribution in [0.25, 0.3) is 0 Å². The number of benzene rings is 3. The maximum Gasteiger partial charge on any atom is 0.543 e. The van der Waals surface area contributed by atoms with E-state index in [1.807, 2.05) is 42.5 Å². The summed E-state index contributed by atoms with van der Waals surface area (Å²) in [4.78, 5) is 0. The highest BCUT2D eigenvalue weighted by atomic mass is 32.1. The van der Waals surface area contributed by atoms with Gasteiger partial charge in [0, 0.05) is 5.69 Å². The van der Waals surface area contributed by atoms with Gasteiger partial charge in [-0.25, -0.2) is 9.65 Å². The van der Waals surface area contributed by atoms with E-state index in [1.165, 1.54) is 0 Å². The summed E-state index contributed by atoms with van der Waals surface area (Å²) in [6, 6.07) is 26.9. The lowest BCUT2D eigenvalue weighted by atomic mass is 10.3. The molecule has 0 saturated heterocycles. The summed E-state index contributed by atoms with van der Waals surface area (Å²) >= 11 is 5.26. The molecule has 0 radical (unpaired) electrons. The molecule has 0 heterocycles. The summed E-state index contributed by atoms with van der Waals surface area (Å²) in [5, 5.41) is 5.76. The van der Waals surface area contributed by atoms with Crippen LogP contribution < -0.4 is 19.5 Å². The summed E-state index contributed by atoms with van der Waals surface area (Å²) < 4.78 is 24.5. The Kier molecular flexibility index (Phi) is 5.89. The summed E-state index contributed by atoms with van der Waals surface area (Å²) in [6.45, 7) is 0. The molecule has 3 aromatic carbocycles. The van der Waals surface area contributed by atoms with E-state index >= 15 is 0 Å². The Balaban J connectivity index is 1.77. The highest BCUT2D eigenvalue weighted by Gasteiger charge is 2.30. The molecular weight excluding hydrogens is 367 g/mol. The molecule has 0 aromatic heterocycles. The molecule has 7 heteroatoms. The third-order valence-electron chi connectivity index (χ3n) is 3.21. The van der Waals surface area contributed by atoms with E-state index < -0.39 is 7.75 Å². The van der Waals surface area contributed by atoms with E-state index in [0.717, 1.165) is 5.69 Å². The first-order valence-electron chi connectivity index (χ1n) is 7.87. The van der Waals surface area contributed by atoms with Crippen molar-refractivity contribution < 1.29 is 13.6 Å². The molecule has 26 heavy (non-hydrogen) atoms. The Labute approximate surface area is 157 Å². The van der Waals surface area contributed by atoms with Crippen LogP contribution in [0.4, 0.5) is 5.69 Å². The molecule has 3 aromatic rings. The third kappa shape index (κ3) is 5.34. The summed E-state index contributed by atoms with van der Waals surface area (Å²) in [6.07, 6.45) is 0. The smallest absolute Gasteiger partial charge is 0.400 e. The molecule has 0 bridgehead atoms. The topological polar surface area (TPSA) is 59.6 Å². The van der Waals surface area contributed by atoms with Crippen LogP contribution in [0.3, 0.4) is 0 Å². The maximum absolute atomic E-state index is 13.3. The first-order chi connectivity index (χ1) is 12.6. The van der Waals surface area contributed by atoms with Gasteiger partial charge in [-0.15, -0.1) is 0 Å². The van der Waals surface area contributed by atoms with Gasteiger partial charge in [-0.2, -0.15) is 0 Å². The number of para-hydroxylation sites is 3. The predicted octanol–water partition coefficient (Wildman–Crippen LogP) is 5.24. The molecule has 0 saturated carbocycles. The lowest BCUT2D eigenvalue weighted by molar-refractivity contribution is 0.381. The van der Waals surface area contributed by atoms with Crippen molar-refractivity contribution in [2.24, 2.45) is 0 Å². The Bertz CT molecular complexity index is 847. The lowest BCUT2D eigenvalue weighted by Crippen LogP contribution is -2.29. The number of thiocarbonyl (C=S) groups is 1. The van der Waals surface area contributed by atoms with Crippen LogP contribution in [0.15, 0.2) is 91.0 Å². The minimum atomic E-state index is -3.81. The summed E-state index contributed by atoms with van der Waals surface area (Å²) in [5.74, 6) is 0.809. The van der Waals surface area contributed by atoms with Gasteiger partial charge < -0.3 is 14.4 Å². The Morgan fingerprint density at radius 1 is 0.731 bits per heavy atom. The lowest BCUT2D eigenvalue weighted by Gasteiger charge is -2.21. The van der Waals surface area contributed by atoms with Crippen molar-refractivity contribution in [2.75, 3.05) is 5.32 Å². The molecule has 0 spiro atoms. The molecule has 0 fully saturated rings. The number of hydrogen-bond donors (Lipinski definition) is 2. The largest absolute Gasteiger partial charge is 0.543 e. The number of hydrogen-bond acceptors (Lipinski definition) is 4. The third-order valence-corrected chi connectivity index (χ3v) is 4.96. The van der Waals surface area contributed by atoms with Crippen molar-refractivity contribution in [3.63, 3.8) is 0 Å². The summed E-state index contributed by atoms with van der Waals surface area (Å²) in [5.41, 5.74) is 0.760. The molecule has 0 aliphatic rings. The maximum atomic E-state index is 13.3. The van der Waals surface area contributed by atoms with E-state index in [-0.39, 0.29) is 5.11 Å². The van der Waals surface area contributed by atoms with Crippen LogP contribution in [-0.4, -0.2) is 5.11 Å². The van der Waals surface area contributed by atoms with Gasteiger partial charge in [0.1, 0.15) is 11.5 Å². The van der Waals surface area contributed by atoms with Crippen molar-refractivity contribution in [3.8, 4) is 11.5 Å². The molecule has 0 aliphatic carbocycles. The second kappa shape index (κ2) is 8.52. The fourth-order valence-corrected chi connectivity index (χ4v) is 3.79. The molecular formula is C19H17N2O3PS. The van der Waals surface area contributed by atoms with E-state index in [2.05, 4.69) is 10.4 Å². The van der Waals surface area contributed by atoms with E-state index in [4.69, 9.17) is 21.3 Å². The summed E-state index contributed by atoms with van der Waals surface area (Å²) in [7, 11) is -3.81. The quantitative estimate of drug-likeness (QED) is 0.448. The Morgan fingerprint density at radius 2 is 1.15 bits per heavy atom. The second-order valence-corrected chi connectivity index (χ2v) is 7.23. The average molecular weight is 384 g/mol. The predicted molar refractivity (Wildman–Crippen MR) is 108 cm³/mol. The fraction of sp³-hybridized carbons (Fsp3) is 0. The van der Waals surface area contributed by atoms with Gasteiger partial charge >= 0.3 is 7.75 Å². The number of nitrogens with one attached hydrogen (secondary N) is 2. The Morgan fingerprint density at radius 3 is 1.62 bits per heavy atom. The van der Waals surface area contributed by atoms with E-state index in [0.29, 0.717) is 11.5 Å². The molecule has 0 amide bonds. The van der Waals surface area contributed by atoms with Crippen LogP contribution >= 0.6 is 20.0 Å². The van der Waals surface area contributed by atoms with Crippen molar-refractivity contribution in [3.05, 3.63) is 91.0 Å². The van der Waals surface area contributed by atoms with Gasteiger partial charge in [0.15, 0.2) is 5.11 Å². The van der Waals surface area contributed by atoms with Gasteiger partial charge in [0.25, 0.3) is 0 Å². The molecule has 0 atom stereocenters. The van der Waals surface area contributed by atoms with Crippen LogP contribution in [0.2, 0.25) is 0 Å². The second-order valence-electron chi connectivity index (χ2n) is 5.24. The zero-order valence-corrected chi connectivity index (χ0v) is 15.5. The highest BCUT2D eigenvalue weighted by Crippen LogP contribution is 2.44. The minimum Gasteiger partial charge on any atom is -0.400 e. The normalized spacial score (nSPS) is 10.6. The van der Waals surface area contributed by atoms with Crippen molar-refractivity contribution in [2.45, 2.75) is 0 Å². The van der Waals surface area contributed by atoms with Crippen LogP contribution in [0.5, 0.6) is 11.5 Å². The number of anilines is 1. The fourth-order valence-electron chi connectivity index (χ4n) is 2.11. The molecule has 0 unspecified atom stereocenters. The van der Waals surface area contributed by atoms with Gasteiger partial charge in [0.2, 0.25) is 0 Å². The monoisotopic (exact) mass is 384 g/mol. The number of rotatable bonds is 6. The average Bonchev–Trinajstić information content (AvgIpc) is 2.63. The van der Waals surface area contributed by atoms with Gasteiger partial charge in [-0.1, -0.05) is 54.6 Å². The molecule has 5 nitrogen and oxygen atoms in total. The van der Waals surface area contributed by atoms with E-state index in [9.17, 15) is 4.57 Å². The van der Waals surface area contributed by atoms with Crippen molar-refractivity contribution in [1.29, 1.82) is 0 Å². The van der Waals surface area contributed by atoms with Crippen molar-refractivity contribution >= 4 is 30.8 Å². The zero-order chi connectivity index (χ0) is 18.2. The van der Waals surface area contributed by atoms with Gasteiger partial charge in [-0.3, -0.25) is 0 Å². The molecule has 0 aliphatic heterocycles. The van der Waals surface area contributed by atoms with Crippen LogP contribution in [0, 0.1) is 0 Å². The minimum absolute atomic E-state index is 0.131. The van der Waals surface area contributed by atoms with Crippen LogP contribution in [-0.2, 0) is 4.57 Å². The zero-order valence-electron chi connectivity index (χ0n) is 13.7. The highest BCUT2D eigenvalue weighted by molar-refractivity contribution is 7.81. The van der Waals surface area contributed by atoms with Gasteiger partial charge in [0.05, 0.1) is 0 Å². The van der Waals surface area contributed by atoms with Gasteiger partial charge in [-0.05, 0) is 48.6 Å². The SMILES string of the molecule is O=P(NC(=S)Nc1ccccc1)(Oc1ccccc1)Oc1ccccc1. The van der Waals surface area contributed by atoms with Crippen molar-refractivity contribution in [1.82, 2.24) is 5.09 Å². The molecule has 132 valence electrons. The first-order valence-corrected chi connectivity index (χ1v) is 9.82. The Hall–Kier alpha value is -2.82. The van der Waals surface area contributed by atoms with E-state index in [1.54, 1.807) is 48.5 Å². The first kappa shape index (κ1) is 18.0. The molecule has 2 N–H and O–H groups in total. The molecule has 3 rings (SSSR count).